The van der Waals surface area contributed by atoms with Crippen LogP contribution in [0.2, 0.25) is 0 Å². The normalized spacial score (nSPS) is 10.7. The molecule has 0 bridgehead atoms. The molecule has 0 aliphatic heterocycles. The number of rotatable bonds is 4. The van der Waals surface area contributed by atoms with Crippen LogP contribution in [0.3, 0.4) is 0 Å². The number of benzene rings is 1. The summed E-state index contributed by atoms with van der Waals surface area (Å²) in [7, 11) is 0. The Morgan fingerprint density at radius 3 is 2.94 bits per heavy atom. The fourth-order valence-corrected chi connectivity index (χ4v) is 1.81. The molecular weight excluding hydrogens is 216 g/mol. The van der Waals surface area contributed by atoms with E-state index >= 15 is 0 Å². The number of carbonyl (C=O) groups excluding carboxylic acids is 1. The Hall–Kier alpha value is -1.84. The number of H-pyrrole nitrogens is 1. The average Bonchev–Trinajstić information content (AvgIpc) is 2.71. The molecule has 0 spiro atoms. The maximum Gasteiger partial charge on any atom is 0.340 e. The summed E-state index contributed by atoms with van der Waals surface area (Å²) in [6, 6.07) is 5.50. The van der Waals surface area contributed by atoms with Crippen molar-refractivity contribution in [3.05, 3.63) is 29.6 Å². The van der Waals surface area contributed by atoms with Crippen LogP contribution in [0.25, 0.3) is 11.0 Å². The highest BCUT2D eigenvalue weighted by molar-refractivity contribution is 6.01. The molecule has 0 unspecified atom stereocenters. The molecule has 4 nitrogen and oxygen atoms in total. The van der Waals surface area contributed by atoms with Crippen molar-refractivity contribution in [3.8, 4) is 0 Å². The minimum Gasteiger partial charge on any atom is -0.462 e. The first-order chi connectivity index (χ1) is 8.26. The first-order valence-corrected chi connectivity index (χ1v) is 5.91. The second-order valence-corrected chi connectivity index (χ2v) is 3.86. The van der Waals surface area contributed by atoms with Crippen LogP contribution in [0.5, 0.6) is 0 Å². The van der Waals surface area contributed by atoms with Gasteiger partial charge in [-0.1, -0.05) is 13.0 Å². The monoisotopic (exact) mass is 232 g/mol. The average molecular weight is 232 g/mol. The molecule has 1 heterocycles. The van der Waals surface area contributed by atoms with Crippen molar-refractivity contribution in [1.82, 2.24) is 9.97 Å². The number of hydrogen-bond acceptors (Lipinski definition) is 3. The van der Waals surface area contributed by atoms with Gasteiger partial charge in [0.1, 0.15) is 11.3 Å². The van der Waals surface area contributed by atoms with Crippen LogP contribution in [0.15, 0.2) is 18.2 Å². The van der Waals surface area contributed by atoms with Crippen molar-refractivity contribution in [3.63, 3.8) is 0 Å². The van der Waals surface area contributed by atoms with Gasteiger partial charge in [-0.25, -0.2) is 9.78 Å². The zero-order valence-electron chi connectivity index (χ0n) is 10.1. The summed E-state index contributed by atoms with van der Waals surface area (Å²) in [5.74, 6) is 0.604. The summed E-state index contributed by atoms with van der Waals surface area (Å²) >= 11 is 0. The van der Waals surface area contributed by atoms with Crippen LogP contribution in [0.1, 0.15) is 36.5 Å². The van der Waals surface area contributed by atoms with Crippen LogP contribution >= 0.6 is 0 Å². The maximum atomic E-state index is 11.7. The number of aryl methyl sites for hydroxylation is 1. The molecule has 0 atom stereocenters. The van der Waals surface area contributed by atoms with Crippen molar-refractivity contribution in [2.75, 3.05) is 6.61 Å². The van der Waals surface area contributed by atoms with Crippen molar-refractivity contribution >= 4 is 17.0 Å². The molecule has 0 fully saturated rings. The zero-order chi connectivity index (χ0) is 12.3. The van der Waals surface area contributed by atoms with E-state index in [0.29, 0.717) is 17.7 Å². The van der Waals surface area contributed by atoms with Crippen LogP contribution < -0.4 is 0 Å². The molecule has 4 heteroatoms. The maximum absolute atomic E-state index is 11.7. The number of fused-ring (bicyclic) bond motifs is 1. The highest BCUT2D eigenvalue weighted by Gasteiger charge is 2.13. The summed E-state index contributed by atoms with van der Waals surface area (Å²) < 4.78 is 5.01. The number of nitrogens with one attached hydrogen (secondary N) is 1. The number of para-hydroxylation sites is 1. The molecule has 1 aromatic carbocycles. The number of esters is 1. The summed E-state index contributed by atoms with van der Waals surface area (Å²) in [6.45, 7) is 4.27. The predicted molar refractivity (Wildman–Crippen MR) is 66.0 cm³/mol. The van der Waals surface area contributed by atoms with Crippen LogP contribution in [0.4, 0.5) is 0 Å². The highest BCUT2D eigenvalue weighted by Crippen LogP contribution is 2.18. The summed E-state index contributed by atoms with van der Waals surface area (Å²) in [6.07, 6.45) is 1.91. The van der Waals surface area contributed by atoms with Gasteiger partial charge in [-0.05, 0) is 25.5 Å². The van der Waals surface area contributed by atoms with Crippen molar-refractivity contribution in [2.24, 2.45) is 0 Å². The van der Waals surface area contributed by atoms with E-state index in [1.54, 1.807) is 13.0 Å². The van der Waals surface area contributed by atoms with Gasteiger partial charge >= 0.3 is 5.97 Å². The van der Waals surface area contributed by atoms with Gasteiger partial charge in [0.2, 0.25) is 0 Å². The number of ether oxygens (including phenoxy) is 1. The van der Waals surface area contributed by atoms with Crippen molar-refractivity contribution < 1.29 is 9.53 Å². The Bertz CT molecular complexity index is 531. The molecule has 0 radical (unpaired) electrons. The molecule has 2 rings (SSSR count). The van der Waals surface area contributed by atoms with Gasteiger partial charge in [-0.3, -0.25) is 0 Å². The number of imidazole rings is 1. The Balaban J connectivity index is 2.45. The Morgan fingerprint density at radius 1 is 1.41 bits per heavy atom. The number of carbonyl (C=O) groups is 1. The van der Waals surface area contributed by atoms with E-state index in [9.17, 15) is 4.79 Å². The third-order valence-corrected chi connectivity index (χ3v) is 2.54. The molecule has 0 aliphatic carbocycles. The third-order valence-electron chi connectivity index (χ3n) is 2.54. The van der Waals surface area contributed by atoms with E-state index in [0.717, 1.165) is 24.2 Å². The number of hydrogen-bond donors (Lipinski definition) is 1. The fraction of sp³-hybridized carbons (Fsp3) is 0.385. The molecular formula is C13H16N2O2. The van der Waals surface area contributed by atoms with Gasteiger partial charge in [-0.2, -0.15) is 0 Å². The summed E-state index contributed by atoms with van der Waals surface area (Å²) in [5, 5.41) is 0. The lowest BCUT2D eigenvalue weighted by Gasteiger charge is -2.01. The predicted octanol–water partition coefficient (Wildman–Crippen LogP) is 2.69. The lowest BCUT2D eigenvalue weighted by Crippen LogP contribution is -2.05. The number of aromatic amines is 1. The molecule has 1 N–H and O–H groups in total. The summed E-state index contributed by atoms with van der Waals surface area (Å²) in [5.41, 5.74) is 2.12. The number of nitrogens with zero attached hydrogens (tertiary/aromatic N) is 1. The van der Waals surface area contributed by atoms with E-state index in [4.69, 9.17) is 4.74 Å². The second-order valence-electron chi connectivity index (χ2n) is 3.86. The molecule has 0 saturated carbocycles. The van der Waals surface area contributed by atoms with Crippen LogP contribution in [-0.2, 0) is 11.2 Å². The van der Waals surface area contributed by atoms with E-state index < -0.39 is 0 Å². The Kier molecular flexibility index (Phi) is 3.42. The van der Waals surface area contributed by atoms with E-state index in [2.05, 4.69) is 16.9 Å². The quantitative estimate of drug-likeness (QED) is 0.824. The Labute approximate surface area is 100 Å². The standard InChI is InChI=1S/C13H16N2O2/c1-3-6-11-14-10-8-5-7-9(12(10)15-11)13(16)17-4-2/h5,7-8H,3-4,6H2,1-2H3,(H,14,15). The van der Waals surface area contributed by atoms with Crippen LogP contribution in [-0.4, -0.2) is 22.5 Å². The highest BCUT2D eigenvalue weighted by atomic mass is 16.5. The smallest absolute Gasteiger partial charge is 0.340 e. The van der Waals surface area contributed by atoms with Gasteiger partial charge < -0.3 is 9.72 Å². The van der Waals surface area contributed by atoms with Gasteiger partial charge in [0.15, 0.2) is 0 Å². The van der Waals surface area contributed by atoms with Gasteiger partial charge in [0, 0.05) is 6.42 Å². The molecule has 1 aromatic heterocycles. The third kappa shape index (κ3) is 2.30. The minimum atomic E-state index is -0.312. The Morgan fingerprint density at radius 2 is 2.24 bits per heavy atom. The molecule has 0 aliphatic rings. The van der Waals surface area contributed by atoms with Crippen LogP contribution in [0, 0.1) is 0 Å². The van der Waals surface area contributed by atoms with E-state index in [1.807, 2.05) is 12.1 Å². The lowest BCUT2D eigenvalue weighted by molar-refractivity contribution is 0.0528. The lowest BCUT2D eigenvalue weighted by atomic mass is 10.2. The molecule has 0 amide bonds. The molecule has 2 aromatic rings. The topological polar surface area (TPSA) is 55.0 Å². The van der Waals surface area contributed by atoms with Gasteiger partial charge in [0.05, 0.1) is 17.7 Å². The number of aromatic nitrogens is 2. The second kappa shape index (κ2) is 4.99. The fourth-order valence-electron chi connectivity index (χ4n) is 1.81. The first kappa shape index (κ1) is 11.6. The van der Waals surface area contributed by atoms with Gasteiger partial charge in [-0.15, -0.1) is 0 Å². The minimum absolute atomic E-state index is 0.312. The molecule has 0 saturated heterocycles. The van der Waals surface area contributed by atoms with Gasteiger partial charge in [0.25, 0.3) is 0 Å². The molecule has 17 heavy (non-hydrogen) atoms. The first-order valence-electron chi connectivity index (χ1n) is 5.91. The van der Waals surface area contributed by atoms with Crippen molar-refractivity contribution in [1.29, 1.82) is 0 Å². The van der Waals surface area contributed by atoms with Crippen molar-refractivity contribution in [2.45, 2.75) is 26.7 Å². The molecule has 90 valence electrons. The SMILES string of the molecule is CCCc1nc2c(C(=O)OCC)cccc2[nH]1. The van der Waals surface area contributed by atoms with E-state index in [1.165, 1.54) is 0 Å². The largest absolute Gasteiger partial charge is 0.462 e. The summed E-state index contributed by atoms with van der Waals surface area (Å²) in [4.78, 5) is 19.4. The zero-order valence-corrected chi connectivity index (χ0v) is 10.1. The van der Waals surface area contributed by atoms with E-state index in [-0.39, 0.29) is 5.97 Å².